The maximum Gasteiger partial charge on any atom is 0.277 e. The third kappa shape index (κ3) is 1.83. The van der Waals surface area contributed by atoms with Crippen LogP contribution in [0.25, 0.3) is 10.9 Å². The van der Waals surface area contributed by atoms with Gasteiger partial charge in [-0.1, -0.05) is 39.0 Å². The lowest BCUT2D eigenvalue weighted by atomic mass is 9.93. The number of fused-ring (bicyclic) bond motifs is 3. The van der Waals surface area contributed by atoms with Crippen molar-refractivity contribution in [1.82, 2.24) is 9.88 Å². The Labute approximate surface area is 117 Å². The van der Waals surface area contributed by atoms with Gasteiger partial charge in [0.05, 0.1) is 0 Å². The molecule has 0 spiro atoms. The zero-order valence-corrected chi connectivity index (χ0v) is 12.0. The van der Waals surface area contributed by atoms with Crippen molar-refractivity contribution >= 4 is 22.7 Å². The molecular formula is C16H18N2O2. The topological polar surface area (TPSA) is 53.2 Å². The SMILES string of the molecule is CC(C)(C)C(=O)N1CCc2c([nH]c3ccccc23)C1=O. The van der Waals surface area contributed by atoms with E-state index in [1.165, 1.54) is 4.90 Å². The zero-order chi connectivity index (χ0) is 14.5. The Morgan fingerprint density at radius 1 is 1.25 bits per heavy atom. The van der Waals surface area contributed by atoms with Gasteiger partial charge >= 0.3 is 0 Å². The lowest BCUT2D eigenvalue weighted by molar-refractivity contribution is -0.136. The molecule has 1 aromatic carbocycles. The molecule has 2 heterocycles. The first kappa shape index (κ1) is 12.9. The second kappa shape index (κ2) is 4.20. The number of H-pyrrole nitrogens is 1. The van der Waals surface area contributed by atoms with E-state index >= 15 is 0 Å². The monoisotopic (exact) mass is 270 g/mol. The van der Waals surface area contributed by atoms with E-state index in [2.05, 4.69) is 4.98 Å². The average Bonchev–Trinajstić information content (AvgIpc) is 2.77. The number of para-hydroxylation sites is 1. The van der Waals surface area contributed by atoms with Crippen molar-refractivity contribution in [2.24, 2.45) is 5.41 Å². The summed E-state index contributed by atoms with van der Waals surface area (Å²) in [4.78, 5) is 29.4. The highest BCUT2D eigenvalue weighted by atomic mass is 16.2. The van der Waals surface area contributed by atoms with Crippen LogP contribution in [0, 0.1) is 5.41 Å². The summed E-state index contributed by atoms with van der Waals surface area (Å²) in [7, 11) is 0. The fourth-order valence-corrected chi connectivity index (χ4v) is 2.70. The van der Waals surface area contributed by atoms with Crippen LogP contribution in [0.15, 0.2) is 24.3 Å². The first-order valence-electron chi connectivity index (χ1n) is 6.85. The standard InChI is InChI=1S/C16H18N2O2/c1-16(2,3)15(20)18-9-8-11-10-6-4-5-7-12(10)17-13(11)14(18)19/h4-7,17H,8-9H2,1-3H3. The Balaban J connectivity index is 2.05. The molecule has 4 heteroatoms. The number of carbonyl (C=O) groups is 2. The first-order chi connectivity index (χ1) is 9.39. The van der Waals surface area contributed by atoms with Crippen LogP contribution in [-0.2, 0) is 11.2 Å². The fourth-order valence-electron chi connectivity index (χ4n) is 2.70. The lowest BCUT2D eigenvalue weighted by Gasteiger charge is -2.30. The Kier molecular flexibility index (Phi) is 2.71. The van der Waals surface area contributed by atoms with Gasteiger partial charge in [-0.25, -0.2) is 0 Å². The molecule has 1 aliphatic heterocycles. The predicted molar refractivity (Wildman–Crippen MR) is 77.5 cm³/mol. The molecule has 0 saturated carbocycles. The molecule has 20 heavy (non-hydrogen) atoms. The molecule has 0 aliphatic carbocycles. The van der Waals surface area contributed by atoms with E-state index < -0.39 is 5.41 Å². The second-order valence-electron chi connectivity index (χ2n) is 6.29. The molecule has 2 amide bonds. The van der Waals surface area contributed by atoms with E-state index in [9.17, 15) is 9.59 Å². The third-order valence-electron chi connectivity index (χ3n) is 3.74. The molecular weight excluding hydrogens is 252 g/mol. The maximum absolute atomic E-state index is 12.5. The molecule has 3 rings (SSSR count). The molecule has 4 nitrogen and oxygen atoms in total. The maximum atomic E-state index is 12.5. The highest BCUT2D eigenvalue weighted by Gasteiger charge is 2.36. The van der Waals surface area contributed by atoms with Gasteiger partial charge in [-0.3, -0.25) is 14.5 Å². The molecule has 0 atom stereocenters. The molecule has 1 aromatic heterocycles. The van der Waals surface area contributed by atoms with Gasteiger partial charge in [-0.15, -0.1) is 0 Å². The molecule has 0 bridgehead atoms. The van der Waals surface area contributed by atoms with Crippen molar-refractivity contribution in [2.45, 2.75) is 27.2 Å². The zero-order valence-electron chi connectivity index (χ0n) is 12.0. The van der Waals surface area contributed by atoms with Crippen molar-refractivity contribution in [3.8, 4) is 0 Å². The summed E-state index contributed by atoms with van der Waals surface area (Å²) >= 11 is 0. The van der Waals surface area contributed by atoms with Gasteiger partial charge in [0.2, 0.25) is 5.91 Å². The number of hydrogen-bond acceptors (Lipinski definition) is 2. The highest BCUT2D eigenvalue weighted by Crippen LogP contribution is 2.29. The second-order valence-corrected chi connectivity index (χ2v) is 6.29. The predicted octanol–water partition coefficient (Wildman–Crippen LogP) is 2.74. The Bertz CT molecular complexity index is 707. The van der Waals surface area contributed by atoms with Gasteiger partial charge in [0.15, 0.2) is 0 Å². The summed E-state index contributed by atoms with van der Waals surface area (Å²) in [6, 6.07) is 7.87. The molecule has 1 N–H and O–H groups in total. The summed E-state index contributed by atoms with van der Waals surface area (Å²) < 4.78 is 0. The van der Waals surface area contributed by atoms with Crippen LogP contribution in [0.1, 0.15) is 36.8 Å². The van der Waals surface area contributed by atoms with Gasteiger partial charge in [-0.05, 0) is 18.1 Å². The molecule has 104 valence electrons. The van der Waals surface area contributed by atoms with E-state index in [0.717, 1.165) is 16.5 Å². The van der Waals surface area contributed by atoms with Crippen LogP contribution in [0.5, 0.6) is 0 Å². The van der Waals surface area contributed by atoms with E-state index in [4.69, 9.17) is 0 Å². The number of imide groups is 1. The van der Waals surface area contributed by atoms with Crippen molar-refractivity contribution in [3.63, 3.8) is 0 Å². The average molecular weight is 270 g/mol. The number of aromatic nitrogens is 1. The number of rotatable bonds is 0. The molecule has 0 radical (unpaired) electrons. The van der Waals surface area contributed by atoms with Crippen molar-refractivity contribution in [2.75, 3.05) is 6.54 Å². The minimum atomic E-state index is -0.542. The molecule has 1 aliphatic rings. The van der Waals surface area contributed by atoms with Gasteiger partial charge in [0, 0.05) is 22.9 Å². The van der Waals surface area contributed by atoms with E-state index in [1.807, 2.05) is 45.0 Å². The van der Waals surface area contributed by atoms with Crippen LogP contribution in [-0.4, -0.2) is 28.2 Å². The van der Waals surface area contributed by atoms with Gasteiger partial charge in [0.1, 0.15) is 5.69 Å². The van der Waals surface area contributed by atoms with E-state index in [-0.39, 0.29) is 11.8 Å². The number of nitrogens with one attached hydrogen (secondary N) is 1. The molecule has 2 aromatic rings. The number of nitrogens with zero attached hydrogens (tertiary/aromatic N) is 1. The number of aromatic amines is 1. The summed E-state index contributed by atoms with van der Waals surface area (Å²) in [6.07, 6.45) is 0.715. The van der Waals surface area contributed by atoms with Crippen LogP contribution >= 0.6 is 0 Å². The minimum absolute atomic E-state index is 0.119. The largest absolute Gasteiger partial charge is 0.350 e. The molecule has 0 saturated heterocycles. The highest BCUT2D eigenvalue weighted by molar-refractivity contribution is 6.09. The normalized spacial score (nSPS) is 15.6. The number of benzene rings is 1. The summed E-state index contributed by atoms with van der Waals surface area (Å²) in [5, 5.41) is 1.08. The Morgan fingerprint density at radius 3 is 2.65 bits per heavy atom. The van der Waals surface area contributed by atoms with Gasteiger partial charge in [-0.2, -0.15) is 0 Å². The minimum Gasteiger partial charge on any atom is -0.350 e. The fraction of sp³-hybridized carbons (Fsp3) is 0.375. The smallest absolute Gasteiger partial charge is 0.277 e. The summed E-state index contributed by atoms with van der Waals surface area (Å²) in [6.45, 7) is 5.97. The number of amides is 2. The van der Waals surface area contributed by atoms with Crippen molar-refractivity contribution in [3.05, 3.63) is 35.5 Å². The lowest BCUT2D eigenvalue weighted by Crippen LogP contribution is -2.47. The Hall–Kier alpha value is -2.10. The summed E-state index contributed by atoms with van der Waals surface area (Å²) in [5.74, 6) is -0.325. The Morgan fingerprint density at radius 2 is 1.95 bits per heavy atom. The van der Waals surface area contributed by atoms with E-state index in [1.54, 1.807) is 0 Å². The van der Waals surface area contributed by atoms with Crippen LogP contribution in [0.3, 0.4) is 0 Å². The molecule has 0 fully saturated rings. The summed E-state index contributed by atoms with van der Waals surface area (Å²) in [5.41, 5.74) is 2.01. The first-order valence-corrected chi connectivity index (χ1v) is 6.85. The van der Waals surface area contributed by atoms with Crippen LogP contribution in [0.4, 0.5) is 0 Å². The van der Waals surface area contributed by atoms with Gasteiger partial charge in [0.25, 0.3) is 5.91 Å². The van der Waals surface area contributed by atoms with Crippen molar-refractivity contribution < 1.29 is 9.59 Å². The van der Waals surface area contributed by atoms with Crippen molar-refractivity contribution in [1.29, 1.82) is 0 Å². The van der Waals surface area contributed by atoms with E-state index in [0.29, 0.717) is 18.7 Å². The van der Waals surface area contributed by atoms with Gasteiger partial charge < -0.3 is 4.98 Å². The molecule has 0 unspecified atom stereocenters. The number of hydrogen-bond donors (Lipinski definition) is 1. The third-order valence-corrected chi connectivity index (χ3v) is 3.74. The quantitative estimate of drug-likeness (QED) is 0.800. The number of carbonyl (C=O) groups excluding carboxylic acids is 2. The van der Waals surface area contributed by atoms with Crippen LogP contribution < -0.4 is 0 Å². The van der Waals surface area contributed by atoms with Crippen LogP contribution in [0.2, 0.25) is 0 Å².